The summed E-state index contributed by atoms with van der Waals surface area (Å²) in [5, 5.41) is 12.2. The highest BCUT2D eigenvalue weighted by molar-refractivity contribution is 6.30. The minimum absolute atomic E-state index is 0.118. The summed E-state index contributed by atoms with van der Waals surface area (Å²) >= 11 is 6.08. The molecule has 2 heterocycles. The number of aliphatic carboxylic acids is 1. The second-order valence-corrected chi connectivity index (χ2v) is 7.46. The Bertz CT molecular complexity index is 702. The van der Waals surface area contributed by atoms with Crippen LogP contribution in [0.5, 0.6) is 0 Å². The average molecular weight is 369 g/mol. The van der Waals surface area contributed by atoms with E-state index in [0.717, 1.165) is 23.5 Å². The molecule has 1 atom stereocenters. The van der Waals surface area contributed by atoms with E-state index in [1.54, 1.807) is 6.92 Å². The van der Waals surface area contributed by atoms with Crippen LogP contribution in [-0.4, -0.2) is 44.8 Å². The lowest BCUT2D eigenvalue weighted by Crippen LogP contribution is -2.43. The minimum atomic E-state index is -1.08. The molecular formula is C17H25ClN4O3. The van der Waals surface area contributed by atoms with Gasteiger partial charge in [-0.25, -0.2) is 4.98 Å². The fraction of sp³-hybridized carbons (Fsp3) is 0.706. The van der Waals surface area contributed by atoms with E-state index in [0.29, 0.717) is 18.4 Å². The summed E-state index contributed by atoms with van der Waals surface area (Å²) in [5.74, 6) is -0.100. The van der Waals surface area contributed by atoms with E-state index in [1.165, 1.54) is 32.1 Å². The Labute approximate surface area is 152 Å². The second-order valence-electron chi connectivity index (χ2n) is 7.10. The number of hydrogen-bond acceptors (Lipinski definition) is 5. The molecule has 2 fully saturated rings. The number of halogens is 1. The summed E-state index contributed by atoms with van der Waals surface area (Å²) < 4.78 is 1.15. The highest BCUT2D eigenvalue weighted by Crippen LogP contribution is 2.36. The van der Waals surface area contributed by atoms with Gasteiger partial charge in [0.15, 0.2) is 11.0 Å². The first-order valence-corrected chi connectivity index (χ1v) is 9.30. The Kier molecular flexibility index (Phi) is 5.64. The zero-order chi connectivity index (χ0) is 18.0. The van der Waals surface area contributed by atoms with Crippen LogP contribution >= 0.6 is 11.6 Å². The Morgan fingerprint density at radius 3 is 2.80 bits per heavy atom. The topological polar surface area (TPSA) is 87.5 Å². The third-order valence-electron chi connectivity index (χ3n) is 5.16. The van der Waals surface area contributed by atoms with Crippen molar-refractivity contribution in [1.29, 1.82) is 0 Å². The number of rotatable bonds is 7. The van der Waals surface area contributed by atoms with Crippen molar-refractivity contribution >= 4 is 23.4 Å². The smallest absolute Gasteiger partial charge is 0.323 e. The van der Waals surface area contributed by atoms with Gasteiger partial charge >= 0.3 is 5.97 Å². The molecule has 2 aliphatic rings. The SMILES string of the molecule is Cc1c(Cl)nc(NCN2CCCC[C@@H]2CC2CC2)c(=O)n1CC(=O)O. The molecule has 0 unspecified atom stereocenters. The second kappa shape index (κ2) is 7.74. The lowest BCUT2D eigenvalue weighted by Gasteiger charge is -2.36. The van der Waals surface area contributed by atoms with Gasteiger partial charge in [-0.3, -0.25) is 19.1 Å². The maximum atomic E-state index is 12.5. The van der Waals surface area contributed by atoms with Crippen molar-refractivity contribution in [1.82, 2.24) is 14.5 Å². The molecule has 0 amide bonds. The number of piperidine rings is 1. The lowest BCUT2D eigenvalue weighted by atomic mass is 9.98. The van der Waals surface area contributed by atoms with Gasteiger partial charge in [-0.05, 0) is 32.1 Å². The fourth-order valence-electron chi connectivity index (χ4n) is 3.51. The van der Waals surface area contributed by atoms with Crippen molar-refractivity contribution in [2.45, 2.75) is 58.0 Å². The molecule has 1 aliphatic heterocycles. The molecule has 7 nitrogen and oxygen atoms in total. The number of anilines is 1. The van der Waals surface area contributed by atoms with E-state index in [9.17, 15) is 9.59 Å². The lowest BCUT2D eigenvalue weighted by molar-refractivity contribution is -0.137. The molecule has 1 aromatic heterocycles. The monoisotopic (exact) mass is 368 g/mol. The summed E-state index contributed by atoms with van der Waals surface area (Å²) in [6, 6.07) is 0.552. The van der Waals surface area contributed by atoms with Crippen LogP contribution in [-0.2, 0) is 11.3 Å². The van der Waals surface area contributed by atoms with Gasteiger partial charge < -0.3 is 10.4 Å². The van der Waals surface area contributed by atoms with E-state index < -0.39 is 18.1 Å². The molecule has 3 rings (SSSR count). The summed E-state index contributed by atoms with van der Waals surface area (Å²) in [4.78, 5) is 30.0. The van der Waals surface area contributed by atoms with Gasteiger partial charge in [-0.1, -0.05) is 30.9 Å². The molecule has 1 aliphatic carbocycles. The molecule has 8 heteroatoms. The maximum absolute atomic E-state index is 12.5. The molecule has 0 spiro atoms. The molecule has 25 heavy (non-hydrogen) atoms. The summed E-state index contributed by atoms with van der Waals surface area (Å²) in [6.45, 7) is 2.72. The maximum Gasteiger partial charge on any atom is 0.323 e. The van der Waals surface area contributed by atoms with Crippen LogP contribution in [0.1, 0.15) is 44.2 Å². The summed E-state index contributed by atoms with van der Waals surface area (Å²) in [7, 11) is 0. The van der Waals surface area contributed by atoms with Crippen molar-refractivity contribution < 1.29 is 9.90 Å². The van der Waals surface area contributed by atoms with Crippen molar-refractivity contribution in [3.05, 3.63) is 21.2 Å². The normalized spacial score (nSPS) is 21.3. The molecule has 1 saturated heterocycles. The van der Waals surface area contributed by atoms with Gasteiger partial charge in [0.25, 0.3) is 5.56 Å². The van der Waals surface area contributed by atoms with E-state index >= 15 is 0 Å². The largest absolute Gasteiger partial charge is 0.480 e. The third-order valence-corrected chi connectivity index (χ3v) is 5.51. The number of hydrogen-bond donors (Lipinski definition) is 2. The Balaban J connectivity index is 1.72. The van der Waals surface area contributed by atoms with Crippen molar-refractivity contribution in [3.63, 3.8) is 0 Å². The van der Waals surface area contributed by atoms with Crippen molar-refractivity contribution in [2.75, 3.05) is 18.5 Å². The molecule has 0 bridgehead atoms. The molecule has 0 radical (unpaired) electrons. The van der Waals surface area contributed by atoms with Crippen LogP contribution in [0, 0.1) is 12.8 Å². The average Bonchev–Trinajstić information content (AvgIpc) is 3.39. The van der Waals surface area contributed by atoms with Gasteiger partial charge in [0.1, 0.15) is 6.54 Å². The van der Waals surface area contributed by atoms with Crippen LogP contribution in [0.25, 0.3) is 0 Å². The minimum Gasteiger partial charge on any atom is -0.480 e. The molecule has 1 saturated carbocycles. The Morgan fingerprint density at radius 1 is 1.36 bits per heavy atom. The van der Waals surface area contributed by atoms with E-state index in [4.69, 9.17) is 16.7 Å². The molecule has 1 aromatic rings. The van der Waals surface area contributed by atoms with Crippen LogP contribution in [0.2, 0.25) is 5.15 Å². The zero-order valence-electron chi connectivity index (χ0n) is 14.5. The predicted octanol–water partition coefficient (Wildman–Crippen LogP) is 2.31. The molecular weight excluding hydrogens is 344 g/mol. The van der Waals surface area contributed by atoms with E-state index in [-0.39, 0.29) is 11.0 Å². The van der Waals surface area contributed by atoms with Gasteiger partial charge in [-0.2, -0.15) is 0 Å². The third kappa shape index (κ3) is 4.52. The number of carbonyl (C=O) groups is 1. The van der Waals surface area contributed by atoms with Crippen molar-refractivity contribution in [3.8, 4) is 0 Å². The number of likely N-dealkylation sites (tertiary alicyclic amines) is 1. The quantitative estimate of drug-likeness (QED) is 0.768. The van der Waals surface area contributed by atoms with Crippen LogP contribution < -0.4 is 10.9 Å². The Hall–Kier alpha value is -1.60. The van der Waals surface area contributed by atoms with Gasteiger partial charge in [-0.15, -0.1) is 0 Å². The van der Waals surface area contributed by atoms with E-state index in [2.05, 4.69) is 15.2 Å². The molecule has 2 N–H and O–H groups in total. The van der Waals surface area contributed by atoms with Gasteiger partial charge in [0.2, 0.25) is 0 Å². The first-order chi connectivity index (χ1) is 12.0. The van der Waals surface area contributed by atoms with Gasteiger partial charge in [0.05, 0.1) is 12.4 Å². The van der Waals surface area contributed by atoms with Gasteiger partial charge in [0, 0.05) is 12.6 Å². The first-order valence-electron chi connectivity index (χ1n) is 8.92. The number of nitrogens with zero attached hydrogens (tertiary/aromatic N) is 3. The van der Waals surface area contributed by atoms with Crippen LogP contribution in [0.15, 0.2) is 4.79 Å². The first kappa shape index (κ1) is 18.2. The number of aromatic nitrogens is 2. The number of carboxylic acid groups (broad SMARTS) is 1. The summed E-state index contributed by atoms with van der Waals surface area (Å²) in [5.41, 5.74) is -0.0794. The zero-order valence-corrected chi connectivity index (χ0v) is 15.3. The van der Waals surface area contributed by atoms with E-state index in [1.807, 2.05) is 0 Å². The van der Waals surface area contributed by atoms with Crippen molar-refractivity contribution in [2.24, 2.45) is 5.92 Å². The number of carboxylic acids is 1. The van der Waals surface area contributed by atoms with Crippen LogP contribution in [0.4, 0.5) is 5.82 Å². The summed E-state index contributed by atoms with van der Waals surface area (Å²) in [6.07, 6.45) is 7.53. The number of nitrogens with one attached hydrogen (secondary N) is 1. The standard InChI is InChI=1S/C17H25ClN4O3/c1-11-15(18)20-16(17(25)22(11)9-14(23)24)19-10-21-7-3-2-4-13(21)8-12-5-6-12/h12-13H,2-10H2,1H3,(H,19,20)(H,23,24)/t13-/m1/s1. The highest BCUT2D eigenvalue weighted by Gasteiger charge is 2.30. The molecule has 0 aromatic carbocycles. The predicted molar refractivity (Wildman–Crippen MR) is 96.1 cm³/mol. The Morgan fingerprint density at radius 2 is 2.12 bits per heavy atom. The molecule has 138 valence electrons. The fourth-order valence-corrected chi connectivity index (χ4v) is 3.70. The highest BCUT2D eigenvalue weighted by atomic mass is 35.5. The van der Waals surface area contributed by atoms with Crippen LogP contribution in [0.3, 0.4) is 0 Å².